The molecular formula is C23H17N3O4. The van der Waals surface area contributed by atoms with E-state index in [1.54, 1.807) is 6.20 Å². The largest absolute Gasteiger partial charge is 0.492 e. The van der Waals surface area contributed by atoms with E-state index in [4.69, 9.17) is 18.6 Å². The lowest BCUT2D eigenvalue weighted by atomic mass is 9.77. The zero-order valence-electron chi connectivity index (χ0n) is 16.0. The van der Waals surface area contributed by atoms with Crippen molar-refractivity contribution in [2.45, 2.75) is 12.0 Å². The van der Waals surface area contributed by atoms with E-state index in [-0.39, 0.29) is 12.2 Å². The Morgan fingerprint density at radius 2 is 1.83 bits per heavy atom. The number of rotatable bonds is 2. The molecular weight excluding hydrogens is 382 g/mol. The van der Waals surface area contributed by atoms with Gasteiger partial charge in [0.15, 0.2) is 22.7 Å². The molecule has 0 N–H and O–H groups in total. The Labute approximate surface area is 171 Å². The molecule has 5 heterocycles. The maximum absolute atomic E-state index is 6.15. The number of nitrogens with zero attached hydrogens (tertiary/aromatic N) is 3. The van der Waals surface area contributed by atoms with Gasteiger partial charge in [0, 0.05) is 30.1 Å². The van der Waals surface area contributed by atoms with Crippen molar-refractivity contribution in [3.8, 4) is 17.2 Å². The summed E-state index contributed by atoms with van der Waals surface area (Å²) < 4.78 is 23.3. The number of hydrogen-bond donors (Lipinski definition) is 0. The van der Waals surface area contributed by atoms with Gasteiger partial charge in [-0.1, -0.05) is 18.2 Å². The predicted octanol–water partition coefficient (Wildman–Crippen LogP) is 3.65. The summed E-state index contributed by atoms with van der Waals surface area (Å²) in [6, 6.07) is 16.3. The van der Waals surface area contributed by atoms with E-state index in [1.165, 1.54) is 11.3 Å². The quantitative estimate of drug-likeness (QED) is 0.510. The van der Waals surface area contributed by atoms with Gasteiger partial charge in [0.05, 0.1) is 12.0 Å². The Balaban J connectivity index is 1.32. The maximum atomic E-state index is 6.15. The number of anilines is 1. The van der Waals surface area contributed by atoms with Crippen molar-refractivity contribution >= 4 is 16.9 Å². The van der Waals surface area contributed by atoms with Crippen molar-refractivity contribution in [1.29, 1.82) is 0 Å². The zero-order valence-corrected chi connectivity index (χ0v) is 16.0. The normalized spacial score (nSPS) is 20.6. The lowest BCUT2D eigenvalue weighted by molar-refractivity contribution is 0.173. The second-order valence-corrected chi connectivity index (χ2v) is 7.88. The van der Waals surface area contributed by atoms with E-state index in [0.717, 1.165) is 29.4 Å². The van der Waals surface area contributed by atoms with Crippen LogP contribution in [0.15, 0.2) is 59.1 Å². The Morgan fingerprint density at radius 1 is 0.933 bits per heavy atom. The van der Waals surface area contributed by atoms with Crippen molar-refractivity contribution in [3.05, 3.63) is 71.7 Å². The molecule has 1 unspecified atom stereocenters. The summed E-state index contributed by atoms with van der Waals surface area (Å²) in [5.41, 5.74) is 4.63. The molecule has 0 radical (unpaired) electrons. The van der Waals surface area contributed by atoms with Gasteiger partial charge in [0.2, 0.25) is 12.7 Å². The summed E-state index contributed by atoms with van der Waals surface area (Å²) in [7, 11) is 0. The first-order valence-corrected chi connectivity index (χ1v) is 9.92. The average Bonchev–Trinajstić information content (AvgIpc) is 3.53. The summed E-state index contributed by atoms with van der Waals surface area (Å²) in [6.45, 7) is 2.16. The SMILES string of the molecule is c1ccc2c(c1)N(Cc1nc3ncccc3o1)CC21COc2cc3c(cc21)OCO3. The second kappa shape index (κ2) is 5.66. The summed E-state index contributed by atoms with van der Waals surface area (Å²) in [6.07, 6.45) is 1.73. The van der Waals surface area contributed by atoms with Crippen molar-refractivity contribution < 1.29 is 18.6 Å². The van der Waals surface area contributed by atoms with Crippen LogP contribution < -0.4 is 19.1 Å². The number of aromatic nitrogens is 2. The summed E-state index contributed by atoms with van der Waals surface area (Å²) in [4.78, 5) is 11.2. The lowest BCUT2D eigenvalue weighted by Gasteiger charge is -2.24. The van der Waals surface area contributed by atoms with E-state index >= 15 is 0 Å². The molecule has 0 saturated heterocycles. The molecule has 2 aromatic heterocycles. The molecule has 2 aromatic carbocycles. The van der Waals surface area contributed by atoms with Gasteiger partial charge in [-0.25, -0.2) is 4.98 Å². The molecule has 0 aliphatic carbocycles. The molecule has 0 amide bonds. The van der Waals surface area contributed by atoms with Crippen LogP contribution in [-0.2, 0) is 12.0 Å². The average molecular weight is 399 g/mol. The molecule has 1 atom stereocenters. The molecule has 3 aliphatic rings. The Bertz CT molecular complexity index is 1280. The Kier molecular flexibility index (Phi) is 3.04. The van der Waals surface area contributed by atoms with E-state index in [0.29, 0.717) is 30.3 Å². The van der Waals surface area contributed by atoms with Crippen LogP contribution in [0.3, 0.4) is 0 Å². The number of pyridine rings is 1. The first-order chi connectivity index (χ1) is 14.8. The molecule has 148 valence electrons. The molecule has 0 saturated carbocycles. The number of para-hydroxylation sites is 1. The highest BCUT2D eigenvalue weighted by Gasteiger charge is 2.50. The van der Waals surface area contributed by atoms with Crippen molar-refractivity contribution in [1.82, 2.24) is 9.97 Å². The standard InChI is InChI=1S/C23H17N3O4/c1-2-5-16-14(4-1)23(12-27-18-9-20-19(8-15(18)23)28-13-29-20)11-26(16)10-21-25-22-17(30-21)6-3-7-24-22/h1-9H,10-13H2. The first-order valence-electron chi connectivity index (χ1n) is 9.92. The number of benzene rings is 2. The molecule has 30 heavy (non-hydrogen) atoms. The molecule has 7 rings (SSSR count). The molecule has 7 nitrogen and oxygen atoms in total. The van der Waals surface area contributed by atoms with Crippen molar-refractivity contribution in [2.24, 2.45) is 0 Å². The summed E-state index contributed by atoms with van der Waals surface area (Å²) >= 11 is 0. The maximum Gasteiger partial charge on any atom is 0.231 e. The smallest absolute Gasteiger partial charge is 0.231 e. The van der Waals surface area contributed by atoms with Gasteiger partial charge in [0.1, 0.15) is 12.4 Å². The first kappa shape index (κ1) is 16.1. The minimum absolute atomic E-state index is 0.250. The number of hydrogen-bond acceptors (Lipinski definition) is 7. The third-order valence-electron chi connectivity index (χ3n) is 6.22. The summed E-state index contributed by atoms with van der Waals surface area (Å²) in [5.74, 6) is 3.04. The van der Waals surface area contributed by atoms with Crippen molar-refractivity contribution in [2.75, 3.05) is 24.8 Å². The second-order valence-electron chi connectivity index (χ2n) is 7.88. The van der Waals surface area contributed by atoms with Crippen LogP contribution >= 0.6 is 0 Å². The zero-order chi connectivity index (χ0) is 19.7. The third-order valence-corrected chi connectivity index (χ3v) is 6.22. The van der Waals surface area contributed by atoms with Gasteiger partial charge in [-0.3, -0.25) is 0 Å². The van der Waals surface area contributed by atoms with Crippen molar-refractivity contribution in [3.63, 3.8) is 0 Å². The number of ether oxygens (including phenoxy) is 3. The van der Waals surface area contributed by atoms with E-state index < -0.39 is 0 Å². The van der Waals surface area contributed by atoms with Gasteiger partial charge >= 0.3 is 0 Å². The van der Waals surface area contributed by atoms with Crippen LogP contribution in [0.5, 0.6) is 17.2 Å². The minimum atomic E-state index is -0.267. The predicted molar refractivity (Wildman–Crippen MR) is 108 cm³/mol. The molecule has 4 aromatic rings. The number of fused-ring (bicyclic) bond motifs is 6. The topological polar surface area (TPSA) is 69.9 Å². The highest BCUT2D eigenvalue weighted by atomic mass is 16.7. The van der Waals surface area contributed by atoms with Gasteiger partial charge in [-0.15, -0.1) is 0 Å². The molecule has 0 fully saturated rings. The fourth-order valence-corrected chi connectivity index (χ4v) is 4.88. The lowest BCUT2D eigenvalue weighted by Crippen LogP contribution is -2.35. The fraction of sp³-hybridized carbons (Fsp3) is 0.217. The van der Waals surface area contributed by atoms with E-state index in [9.17, 15) is 0 Å². The van der Waals surface area contributed by atoms with Gasteiger partial charge in [-0.05, 0) is 29.8 Å². The van der Waals surface area contributed by atoms with Gasteiger partial charge in [0.25, 0.3) is 0 Å². The fourth-order valence-electron chi connectivity index (χ4n) is 4.88. The Hall–Kier alpha value is -3.74. The molecule has 7 heteroatoms. The van der Waals surface area contributed by atoms with E-state index in [2.05, 4.69) is 45.2 Å². The van der Waals surface area contributed by atoms with Crippen LogP contribution in [0.1, 0.15) is 17.0 Å². The van der Waals surface area contributed by atoms with Crippen LogP contribution in [0, 0.1) is 0 Å². The van der Waals surface area contributed by atoms with E-state index in [1.807, 2.05) is 18.2 Å². The van der Waals surface area contributed by atoms with Crippen LogP contribution in [0.2, 0.25) is 0 Å². The third kappa shape index (κ3) is 2.09. The van der Waals surface area contributed by atoms with Gasteiger partial charge in [-0.2, -0.15) is 4.98 Å². The Morgan fingerprint density at radius 3 is 2.77 bits per heavy atom. The van der Waals surface area contributed by atoms with Crippen LogP contribution in [0.25, 0.3) is 11.2 Å². The summed E-state index contributed by atoms with van der Waals surface area (Å²) in [5, 5.41) is 0. The van der Waals surface area contributed by atoms with Gasteiger partial charge < -0.3 is 23.5 Å². The monoisotopic (exact) mass is 399 g/mol. The van der Waals surface area contributed by atoms with Crippen LogP contribution in [-0.4, -0.2) is 29.9 Å². The van der Waals surface area contributed by atoms with Crippen LogP contribution in [0.4, 0.5) is 5.69 Å². The highest BCUT2D eigenvalue weighted by Crippen LogP contribution is 2.54. The minimum Gasteiger partial charge on any atom is -0.492 e. The molecule has 1 spiro atoms. The highest BCUT2D eigenvalue weighted by molar-refractivity contribution is 5.71. The number of oxazole rings is 1. The molecule has 0 bridgehead atoms. The molecule has 3 aliphatic heterocycles.